The Kier molecular flexibility index (Phi) is 6.84. The Morgan fingerprint density at radius 3 is 1.48 bits per heavy atom. The summed E-state index contributed by atoms with van der Waals surface area (Å²) >= 11 is 0. The molecule has 12 rings (SSSR count). The van der Waals surface area contributed by atoms with E-state index in [1.807, 2.05) is 0 Å². The van der Waals surface area contributed by atoms with Crippen molar-refractivity contribution in [3.63, 3.8) is 0 Å². The van der Waals surface area contributed by atoms with Crippen molar-refractivity contribution in [1.29, 1.82) is 0 Å². The fraction of sp³-hybridized carbons (Fsp3) is 0.127. The van der Waals surface area contributed by atoms with E-state index in [1.165, 1.54) is 127 Å². The Labute approximate surface area is 329 Å². The molecule has 0 amide bonds. The van der Waals surface area contributed by atoms with E-state index in [0.29, 0.717) is 0 Å². The van der Waals surface area contributed by atoms with E-state index in [0.717, 1.165) is 0 Å². The first kappa shape index (κ1) is 31.9. The van der Waals surface area contributed by atoms with Gasteiger partial charge >= 0.3 is 0 Å². The Morgan fingerprint density at radius 1 is 0.339 bits per heavy atom. The van der Waals surface area contributed by atoms with Gasteiger partial charge in [0.05, 0.1) is 16.8 Å². The van der Waals surface area contributed by atoms with Gasteiger partial charge in [0.25, 0.3) is 0 Å². The van der Waals surface area contributed by atoms with Gasteiger partial charge in [-0.3, -0.25) is 0 Å². The number of anilines is 3. The maximum Gasteiger partial charge on any atom is 0.0746 e. The minimum absolute atomic E-state index is 0.0459. The molecule has 4 aliphatic rings. The van der Waals surface area contributed by atoms with Crippen LogP contribution in [-0.2, 0) is 10.8 Å². The number of benzene rings is 8. The molecule has 1 saturated carbocycles. The van der Waals surface area contributed by atoms with Gasteiger partial charge in [-0.15, -0.1) is 0 Å². The molecule has 0 aromatic heterocycles. The highest BCUT2D eigenvalue weighted by atomic mass is 15.1. The molecule has 0 N–H and O–H groups in total. The van der Waals surface area contributed by atoms with Gasteiger partial charge in [-0.05, 0) is 104 Å². The van der Waals surface area contributed by atoms with Gasteiger partial charge in [0.1, 0.15) is 0 Å². The largest absolute Gasteiger partial charge is 0.310 e. The van der Waals surface area contributed by atoms with Crippen LogP contribution >= 0.6 is 0 Å². The molecule has 266 valence electrons. The number of rotatable bonds is 4. The molecule has 0 saturated heterocycles. The molecule has 0 bridgehead atoms. The topological polar surface area (TPSA) is 3.24 Å². The first-order valence-corrected chi connectivity index (χ1v) is 20.4. The highest BCUT2D eigenvalue weighted by Gasteiger charge is 2.53. The summed E-state index contributed by atoms with van der Waals surface area (Å²) in [4.78, 5) is 2.62. The molecular formula is C55H41N. The van der Waals surface area contributed by atoms with Crippen LogP contribution in [0.3, 0.4) is 0 Å². The van der Waals surface area contributed by atoms with E-state index in [4.69, 9.17) is 0 Å². The van der Waals surface area contributed by atoms with Gasteiger partial charge in [0.15, 0.2) is 0 Å². The second-order valence-corrected chi connectivity index (χ2v) is 16.2. The second-order valence-electron chi connectivity index (χ2n) is 16.2. The molecule has 8 aromatic carbocycles. The SMILES string of the molecule is c1ccc(-c2ccccc2N(c2ccc3c(c2)C2(CCCCC2)c2ccccc2-3)c2cccc3c2C2(c4ccccc4-c4ccccc42)c2ccccc2-3)cc1. The van der Waals surface area contributed by atoms with Crippen LogP contribution in [0.4, 0.5) is 17.1 Å². The van der Waals surface area contributed by atoms with Crippen LogP contribution in [-0.4, -0.2) is 0 Å². The van der Waals surface area contributed by atoms with Crippen molar-refractivity contribution < 1.29 is 0 Å². The lowest BCUT2D eigenvalue weighted by Gasteiger charge is -2.38. The molecule has 0 aliphatic heterocycles. The minimum atomic E-state index is -0.479. The molecule has 1 heteroatoms. The highest BCUT2D eigenvalue weighted by molar-refractivity contribution is 6.01. The van der Waals surface area contributed by atoms with Gasteiger partial charge < -0.3 is 4.90 Å². The zero-order valence-corrected chi connectivity index (χ0v) is 31.4. The molecule has 56 heavy (non-hydrogen) atoms. The predicted molar refractivity (Wildman–Crippen MR) is 232 cm³/mol. The van der Waals surface area contributed by atoms with Gasteiger partial charge in [-0.1, -0.05) is 183 Å². The summed E-state index contributed by atoms with van der Waals surface area (Å²) in [5, 5.41) is 0. The summed E-state index contributed by atoms with van der Waals surface area (Å²) in [5.74, 6) is 0. The molecule has 8 aromatic rings. The summed E-state index contributed by atoms with van der Waals surface area (Å²) < 4.78 is 0. The van der Waals surface area contributed by atoms with E-state index in [2.05, 4.69) is 193 Å². The standard InChI is InChI=1S/C55H41N/c1-3-18-37(19-4-1)39-20-9-14-30-51(39)56(38-32-33-44-40-21-5-10-26-46(40)54(50(44)36-38)34-15-2-16-35-54)52-31-17-25-45-43-24-8-13-29-49(43)55(53(45)52)47-27-11-6-22-41(47)42-23-7-12-28-48(42)55/h1,3-14,17-33,36H,2,15-16,34-35H2. The first-order chi connectivity index (χ1) is 27.8. The third-order valence-corrected chi connectivity index (χ3v) is 13.7. The zero-order valence-electron chi connectivity index (χ0n) is 31.4. The van der Waals surface area contributed by atoms with E-state index < -0.39 is 5.41 Å². The van der Waals surface area contributed by atoms with Crippen LogP contribution < -0.4 is 4.90 Å². The van der Waals surface area contributed by atoms with Crippen molar-refractivity contribution >= 4 is 17.1 Å². The molecular weight excluding hydrogens is 675 g/mol. The van der Waals surface area contributed by atoms with E-state index in [9.17, 15) is 0 Å². The van der Waals surface area contributed by atoms with E-state index >= 15 is 0 Å². The van der Waals surface area contributed by atoms with Crippen LogP contribution in [0.15, 0.2) is 188 Å². The number of nitrogens with zero attached hydrogens (tertiary/aromatic N) is 1. The quantitative estimate of drug-likeness (QED) is 0.175. The molecule has 0 unspecified atom stereocenters. The maximum atomic E-state index is 2.62. The zero-order chi connectivity index (χ0) is 36.8. The van der Waals surface area contributed by atoms with Crippen LogP contribution in [0.25, 0.3) is 44.5 Å². The monoisotopic (exact) mass is 715 g/mol. The van der Waals surface area contributed by atoms with Gasteiger partial charge in [0.2, 0.25) is 0 Å². The highest BCUT2D eigenvalue weighted by Crippen LogP contribution is 2.66. The average molecular weight is 716 g/mol. The summed E-state index contributed by atoms with van der Waals surface area (Å²) in [6, 6.07) is 71.3. The normalized spacial score (nSPS) is 15.8. The van der Waals surface area contributed by atoms with Crippen LogP contribution in [0.1, 0.15) is 65.5 Å². The van der Waals surface area contributed by atoms with Crippen molar-refractivity contribution in [3.05, 3.63) is 221 Å². The van der Waals surface area contributed by atoms with Crippen molar-refractivity contribution in [2.75, 3.05) is 4.90 Å². The van der Waals surface area contributed by atoms with Crippen LogP contribution in [0.2, 0.25) is 0 Å². The van der Waals surface area contributed by atoms with Crippen LogP contribution in [0, 0.1) is 0 Å². The van der Waals surface area contributed by atoms with Crippen molar-refractivity contribution in [2.45, 2.75) is 42.9 Å². The molecule has 0 heterocycles. The van der Waals surface area contributed by atoms with Crippen molar-refractivity contribution in [3.8, 4) is 44.5 Å². The molecule has 0 radical (unpaired) electrons. The summed E-state index contributed by atoms with van der Waals surface area (Å²) in [5.41, 5.74) is 22.2. The Morgan fingerprint density at radius 2 is 0.821 bits per heavy atom. The average Bonchev–Trinajstić information content (AvgIpc) is 3.85. The van der Waals surface area contributed by atoms with E-state index in [-0.39, 0.29) is 5.41 Å². The fourth-order valence-corrected chi connectivity index (χ4v) is 11.5. The number of hydrogen-bond donors (Lipinski definition) is 0. The predicted octanol–water partition coefficient (Wildman–Crippen LogP) is 14.4. The third-order valence-electron chi connectivity index (χ3n) is 13.7. The van der Waals surface area contributed by atoms with Crippen molar-refractivity contribution in [1.82, 2.24) is 0 Å². The van der Waals surface area contributed by atoms with Crippen molar-refractivity contribution in [2.24, 2.45) is 0 Å². The molecule has 0 atom stereocenters. The smallest absolute Gasteiger partial charge is 0.0746 e. The summed E-state index contributed by atoms with van der Waals surface area (Å²) in [7, 11) is 0. The maximum absolute atomic E-state index is 2.62. The van der Waals surface area contributed by atoms with Crippen LogP contribution in [0.5, 0.6) is 0 Å². The molecule has 4 aliphatic carbocycles. The molecule has 1 nitrogen and oxygen atoms in total. The Balaban J connectivity index is 1.19. The second kappa shape index (κ2) is 12.0. The minimum Gasteiger partial charge on any atom is -0.310 e. The summed E-state index contributed by atoms with van der Waals surface area (Å²) in [6.45, 7) is 0. The number of fused-ring (bicyclic) bond motifs is 15. The third kappa shape index (κ3) is 4.15. The first-order valence-electron chi connectivity index (χ1n) is 20.4. The number of para-hydroxylation sites is 1. The van der Waals surface area contributed by atoms with Gasteiger partial charge in [0, 0.05) is 22.2 Å². The number of hydrogen-bond acceptors (Lipinski definition) is 1. The van der Waals surface area contributed by atoms with E-state index in [1.54, 1.807) is 0 Å². The lowest BCUT2D eigenvalue weighted by atomic mass is 9.68. The Bertz CT molecular complexity index is 2790. The lowest BCUT2D eigenvalue weighted by molar-refractivity contribution is 0.353. The summed E-state index contributed by atoms with van der Waals surface area (Å²) in [6.07, 6.45) is 6.26. The van der Waals surface area contributed by atoms with Gasteiger partial charge in [-0.25, -0.2) is 0 Å². The molecule has 1 fully saturated rings. The lowest BCUT2D eigenvalue weighted by Crippen LogP contribution is -2.29. The molecule has 2 spiro atoms. The Hall–Kier alpha value is -6.44. The van der Waals surface area contributed by atoms with Gasteiger partial charge in [-0.2, -0.15) is 0 Å². The fourth-order valence-electron chi connectivity index (χ4n) is 11.5.